The summed E-state index contributed by atoms with van der Waals surface area (Å²) in [6.45, 7) is 4.87. The number of aliphatic hydroxyl groups is 2. The first kappa shape index (κ1) is 12.9. The molecule has 80 valence electrons. The lowest BCUT2D eigenvalue weighted by Gasteiger charge is -2.24. The Balaban J connectivity index is 0.000000252. The zero-order chi connectivity index (χ0) is 10.3. The van der Waals surface area contributed by atoms with E-state index in [9.17, 15) is 0 Å². The molecule has 1 saturated carbocycles. The molecular formula is C11H24O2. The molecule has 2 nitrogen and oxygen atoms in total. The van der Waals surface area contributed by atoms with Crippen LogP contribution in [0.15, 0.2) is 0 Å². The molecule has 1 aliphatic carbocycles. The van der Waals surface area contributed by atoms with E-state index in [0.717, 1.165) is 5.92 Å². The minimum absolute atomic E-state index is 1.13. The lowest BCUT2D eigenvalue weighted by molar-refractivity contribution is -0.127. The van der Waals surface area contributed by atoms with E-state index in [0.29, 0.717) is 0 Å². The zero-order valence-electron chi connectivity index (χ0n) is 9.21. The average molecular weight is 188 g/mol. The molecule has 0 unspecified atom stereocenters. The molecule has 0 heterocycles. The zero-order valence-corrected chi connectivity index (χ0v) is 9.21. The summed E-state index contributed by atoms with van der Waals surface area (Å²) in [4.78, 5) is 0. The molecule has 0 aromatic heterocycles. The third kappa shape index (κ3) is 11.9. The van der Waals surface area contributed by atoms with Gasteiger partial charge in [0.25, 0.3) is 0 Å². The Morgan fingerprint density at radius 2 is 1.69 bits per heavy atom. The molecule has 2 N–H and O–H groups in total. The highest BCUT2D eigenvalue weighted by Gasteiger charge is 2.15. The van der Waals surface area contributed by atoms with Crippen LogP contribution in [-0.4, -0.2) is 16.0 Å². The van der Waals surface area contributed by atoms with Crippen LogP contribution in [0.4, 0.5) is 0 Å². The maximum Gasteiger partial charge on any atom is 0.156 e. The molecule has 0 aromatic rings. The van der Waals surface area contributed by atoms with Gasteiger partial charge in [0, 0.05) is 0 Å². The average Bonchev–Trinajstić information content (AvgIpc) is 1.80. The molecule has 13 heavy (non-hydrogen) atoms. The number of unbranched alkanes of at least 4 members (excludes halogenated alkanes) is 1. The van der Waals surface area contributed by atoms with Crippen molar-refractivity contribution in [2.75, 3.05) is 0 Å². The summed E-state index contributed by atoms with van der Waals surface area (Å²) in [5, 5.41) is 16.2. The van der Waals surface area contributed by atoms with E-state index in [1.807, 2.05) is 0 Å². The Labute approximate surface area is 82.0 Å². The molecular weight excluding hydrogens is 164 g/mol. The highest BCUT2D eigenvalue weighted by atomic mass is 16.5. The van der Waals surface area contributed by atoms with E-state index in [2.05, 4.69) is 6.92 Å². The summed E-state index contributed by atoms with van der Waals surface area (Å²) in [6.07, 6.45) is 8.92. The summed E-state index contributed by atoms with van der Waals surface area (Å²) in [5.41, 5.74) is 0. The van der Waals surface area contributed by atoms with Gasteiger partial charge in [-0.15, -0.1) is 0 Å². The van der Waals surface area contributed by atoms with Crippen molar-refractivity contribution in [3.8, 4) is 0 Å². The number of hydrogen-bond donors (Lipinski definition) is 2. The van der Waals surface area contributed by atoms with E-state index in [1.54, 1.807) is 0 Å². The third-order valence-electron chi connectivity index (χ3n) is 2.19. The molecule has 0 atom stereocenters. The van der Waals surface area contributed by atoms with Gasteiger partial charge in [-0.2, -0.15) is 0 Å². The second-order valence-electron chi connectivity index (χ2n) is 4.43. The van der Waals surface area contributed by atoms with Crippen molar-refractivity contribution < 1.29 is 10.2 Å². The first-order chi connectivity index (χ1) is 5.93. The molecule has 0 aliphatic heterocycles. The summed E-state index contributed by atoms with van der Waals surface area (Å²) >= 11 is 0. The van der Waals surface area contributed by atoms with Gasteiger partial charge in [-0.05, 0) is 19.8 Å². The molecule has 0 radical (unpaired) electrons. The van der Waals surface area contributed by atoms with Crippen LogP contribution in [-0.2, 0) is 0 Å². The first-order valence-electron chi connectivity index (χ1n) is 5.38. The Hall–Kier alpha value is -0.0800. The molecule has 2 heteroatoms. The normalized spacial score (nSPS) is 17.3. The maximum absolute atomic E-state index is 8.08. The van der Waals surface area contributed by atoms with Crippen LogP contribution in [0, 0.1) is 5.92 Å². The van der Waals surface area contributed by atoms with E-state index in [-0.39, 0.29) is 0 Å². The molecule has 0 spiro atoms. The smallest absolute Gasteiger partial charge is 0.156 e. The van der Waals surface area contributed by atoms with Gasteiger partial charge in [0.2, 0.25) is 0 Å². The second kappa shape index (κ2) is 6.39. The van der Waals surface area contributed by atoms with Gasteiger partial charge in [-0.1, -0.05) is 45.4 Å². The predicted molar refractivity (Wildman–Crippen MR) is 55.4 cm³/mol. The van der Waals surface area contributed by atoms with E-state index >= 15 is 0 Å². The molecule has 0 bridgehead atoms. The van der Waals surface area contributed by atoms with Crippen molar-refractivity contribution >= 4 is 0 Å². The van der Waals surface area contributed by atoms with Gasteiger partial charge >= 0.3 is 0 Å². The molecule has 0 amide bonds. The van der Waals surface area contributed by atoms with Crippen molar-refractivity contribution in [2.24, 2.45) is 5.92 Å². The van der Waals surface area contributed by atoms with Crippen LogP contribution in [0.1, 0.15) is 59.3 Å². The summed E-state index contributed by atoms with van der Waals surface area (Å²) in [7, 11) is 0. The van der Waals surface area contributed by atoms with Crippen LogP contribution in [0.2, 0.25) is 0 Å². The van der Waals surface area contributed by atoms with Crippen molar-refractivity contribution in [2.45, 2.75) is 65.1 Å². The second-order valence-corrected chi connectivity index (χ2v) is 4.43. The van der Waals surface area contributed by atoms with Gasteiger partial charge in [0.05, 0.1) is 0 Å². The van der Waals surface area contributed by atoms with Crippen molar-refractivity contribution in [3.05, 3.63) is 0 Å². The molecule has 1 fully saturated rings. The standard InChI is InChI=1S/C8H16.C3H8O2/c1-2-3-5-8-6-4-7-8;1-3(2,4)5/h8H,2-7H2,1H3;4-5H,1-2H3. The van der Waals surface area contributed by atoms with Crippen LogP contribution < -0.4 is 0 Å². The van der Waals surface area contributed by atoms with E-state index in [4.69, 9.17) is 10.2 Å². The van der Waals surface area contributed by atoms with Gasteiger partial charge in [0.1, 0.15) is 0 Å². The Bertz CT molecular complexity index is 106. The summed E-state index contributed by atoms with van der Waals surface area (Å²) in [5.74, 6) is -0.366. The molecule has 1 aliphatic rings. The third-order valence-corrected chi connectivity index (χ3v) is 2.19. The number of hydrogen-bond acceptors (Lipinski definition) is 2. The Morgan fingerprint density at radius 3 is 1.92 bits per heavy atom. The molecule has 0 saturated heterocycles. The summed E-state index contributed by atoms with van der Waals surface area (Å²) < 4.78 is 0. The predicted octanol–water partition coefficient (Wildman–Crippen LogP) is 2.68. The largest absolute Gasteiger partial charge is 0.366 e. The Kier molecular flexibility index (Phi) is 6.35. The van der Waals surface area contributed by atoms with Crippen LogP contribution in [0.5, 0.6) is 0 Å². The number of rotatable bonds is 3. The van der Waals surface area contributed by atoms with Gasteiger partial charge in [-0.3, -0.25) is 0 Å². The fourth-order valence-electron chi connectivity index (χ4n) is 1.27. The monoisotopic (exact) mass is 188 g/mol. The van der Waals surface area contributed by atoms with E-state index < -0.39 is 5.79 Å². The van der Waals surface area contributed by atoms with Gasteiger partial charge < -0.3 is 10.2 Å². The van der Waals surface area contributed by atoms with E-state index in [1.165, 1.54) is 52.4 Å². The highest BCUT2D eigenvalue weighted by Crippen LogP contribution is 2.30. The molecule has 0 aromatic carbocycles. The van der Waals surface area contributed by atoms with Gasteiger partial charge in [-0.25, -0.2) is 0 Å². The maximum atomic E-state index is 8.08. The first-order valence-corrected chi connectivity index (χ1v) is 5.38. The van der Waals surface area contributed by atoms with Gasteiger partial charge in [0.15, 0.2) is 5.79 Å². The SMILES string of the molecule is CC(C)(O)O.CCCCC1CCC1. The molecule has 1 rings (SSSR count). The fraction of sp³-hybridized carbons (Fsp3) is 1.00. The van der Waals surface area contributed by atoms with Crippen molar-refractivity contribution in [1.82, 2.24) is 0 Å². The minimum Gasteiger partial charge on any atom is -0.366 e. The topological polar surface area (TPSA) is 40.5 Å². The quantitative estimate of drug-likeness (QED) is 0.668. The highest BCUT2D eigenvalue weighted by molar-refractivity contribution is 4.68. The minimum atomic E-state index is -1.50. The lowest BCUT2D eigenvalue weighted by atomic mass is 9.82. The Morgan fingerprint density at radius 1 is 1.23 bits per heavy atom. The fourth-order valence-corrected chi connectivity index (χ4v) is 1.27. The van der Waals surface area contributed by atoms with Crippen molar-refractivity contribution in [3.63, 3.8) is 0 Å². The van der Waals surface area contributed by atoms with Crippen LogP contribution >= 0.6 is 0 Å². The summed E-state index contributed by atoms with van der Waals surface area (Å²) in [6, 6.07) is 0. The van der Waals surface area contributed by atoms with Crippen LogP contribution in [0.3, 0.4) is 0 Å². The van der Waals surface area contributed by atoms with Crippen molar-refractivity contribution in [1.29, 1.82) is 0 Å². The van der Waals surface area contributed by atoms with Crippen LogP contribution in [0.25, 0.3) is 0 Å². The lowest BCUT2D eigenvalue weighted by Crippen LogP contribution is -2.15.